The monoisotopic (exact) mass is 329 g/mol. The summed E-state index contributed by atoms with van der Waals surface area (Å²) >= 11 is 0. The number of aromatic nitrogens is 4. The van der Waals surface area contributed by atoms with Crippen molar-refractivity contribution in [1.29, 1.82) is 0 Å². The Labute approximate surface area is 143 Å². The lowest BCUT2D eigenvalue weighted by Gasteiger charge is -2.33. The number of rotatable bonds is 4. The van der Waals surface area contributed by atoms with Crippen molar-refractivity contribution in [2.75, 3.05) is 13.1 Å². The van der Waals surface area contributed by atoms with E-state index in [2.05, 4.69) is 29.4 Å². The van der Waals surface area contributed by atoms with E-state index in [1.54, 1.807) is 0 Å². The molecule has 1 amide bonds. The Kier molecular flexibility index (Phi) is 4.73. The average molecular weight is 329 g/mol. The number of carbonyl (C=O) groups is 1. The second kappa shape index (κ2) is 6.79. The lowest BCUT2D eigenvalue weighted by Crippen LogP contribution is -2.41. The van der Waals surface area contributed by atoms with Gasteiger partial charge in [-0.05, 0) is 52.2 Å². The van der Waals surface area contributed by atoms with Gasteiger partial charge in [0.1, 0.15) is 0 Å². The molecule has 6 heteroatoms. The third kappa shape index (κ3) is 3.52. The highest BCUT2D eigenvalue weighted by atomic mass is 16.2. The van der Waals surface area contributed by atoms with Crippen LogP contribution in [0.3, 0.4) is 0 Å². The third-order valence-corrected chi connectivity index (χ3v) is 4.79. The van der Waals surface area contributed by atoms with Gasteiger partial charge in [0.25, 0.3) is 0 Å². The number of hydrogen-bond donors (Lipinski definition) is 0. The highest BCUT2D eigenvalue weighted by Crippen LogP contribution is 2.23. The largest absolute Gasteiger partial charge is 0.340 e. The Morgan fingerprint density at radius 1 is 1.38 bits per heavy atom. The molecule has 2 aromatic rings. The number of amides is 1. The number of carbonyl (C=O) groups excluding carboxylic acids is 1. The maximum Gasteiger partial charge on any atom is 0.224 e. The molecule has 2 aromatic heterocycles. The van der Waals surface area contributed by atoms with E-state index in [0.29, 0.717) is 12.5 Å². The molecule has 0 spiro atoms. The molecule has 1 aliphatic rings. The Balaban J connectivity index is 1.63. The first-order chi connectivity index (χ1) is 11.4. The molecule has 0 aromatic carbocycles. The van der Waals surface area contributed by atoms with Crippen LogP contribution in [0.25, 0.3) is 0 Å². The van der Waals surface area contributed by atoms with Crippen LogP contribution in [0.1, 0.15) is 55.2 Å². The normalized spacial score (nSPS) is 19.5. The molecule has 1 saturated heterocycles. The van der Waals surface area contributed by atoms with Crippen molar-refractivity contribution in [3.05, 3.63) is 35.4 Å². The first-order valence-corrected chi connectivity index (χ1v) is 8.75. The van der Waals surface area contributed by atoms with Crippen LogP contribution in [-0.2, 0) is 4.79 Å². The van der Waals surface area contributed by atoms with Gasteiger partial charge in [0.15, 0.2) is 0 Å². The number of hydrogen-bond acceptors (Lipinski definition) is 3. The van der Waals surface area contributed by atoms with Crippen molar-refractivity contribution in [2.45, 2.75) is 59.0 Å². The van der Waals surface area contributed by atoms with Crippen LogP contribution in [0.2, 0.25) is 0 Å². The summed E-state index contributed by atoms with van der Waals surface area (Å²) in [4.78, 5) is 14.7. The summed E-state index contributed by atoms with van der Waals surface area (Å²) in [6.07, 6.45) is 6.55. The van der Waals surface area contributed by atoms with E-state index in [-0.39, 0.29) is 11.9 Å². The van der Waals surface area contributed by atoms with Crippen LogP contribution < -0.4 is 0 Å². The smallest absolute Gasteiger partial charge is 0.224 e. The molecule has 1 fully saturated rings. The summed E-state index contributed by atoms with van der Waals surface area (Å²) in [6.45, 7) is 9.74. The number of piperidine rings is 1. The van der Waals surface area contributed by atoms with Gasteiger partial charge in [-0.25, -0.2) is 0 Å². The van der Waals surface area contributed by atoms with Gasteiger partial charge in [-0.1, -0.05) is 0 Å². The molecule has 3 rings (SSSR count). The van der Waals surface area contributed by atoms with E-state index in [1.165, 1.54) is 0 Å². The Morgan fingerprint density at radius 3 is 2.79 bits per heavy atom. The topological polar surface area (TPSA) is 56.0 Å². The summed E-state index contributed by atoms with van der Waals surface area (Å²) in [6, 6.07) is 2.43. The van der Waals surface area contributed by atoms with Gasteiger partial charge in [0.05, 0.1) is 24.0 Å². The van der Waals surface area contributed by atoms with E-state index in [9.17, 15) is 4.79 Å². The second-order valence-corrected chi connectivity index (χ2v) is 7.06. The molecule has 0 saturated carbocycles. The lowest BCUT2D eigenvalue weighted by molar-refractivity contribution is -0.133. The van der Waals surface area contributed by atoms with Gasteiger partial charge in [0, 0.05) is 31.4 Å². The predicted molar refractivity (Wildman–Crippen MR) is 92.8 cm³/mol. The van der Waals surface area contributed by atoms with Gasteiger partial charge in [-0.3, -0.25) is 14.2 Å². The molecular weight excluding hydrogens is 302 g/mol. The summed E-state index contributed by atoms with van der Waals surface area (Å²) in [5, 5.41) is 8.93. The molecule has 24 heavy (non-hydrogen) atoms. The molecule has 3 heterocycles. The van der Waals surface area contributed by atoms with Crippen LogP contribution in [0.15, 0.2) is 18.5 Å². The number of aryl methyl sites for hydroxylation is 3. The zero-order chi connectivity index (χ0) is 17.3. The van der Waals surface area contributed by atoms with E-state index in [0.717, 1.165) is 42.9 Å². The molecule has 0 N–H and O–H groups in total. The van der Waals surface area contributed by atoms with E-state index in [1.807, 2.05) is 41.2 Å². The van der Waals surface area contributed by atoms with Crippen LogP contribution in [0.4, 0.5) is 0 Å². The van der Waals surface area contributed by atoms with Crippen molar-refractivity contribution in [3.63, 3.8) is 0 Å². The van der Waals surface area contributed by atoms with Gasteiger partial charge in [-0.15, -0.1) is 0 Å². The molecule has 6 nitrogen and oxygen atoms in total. The summed E-state index contributed by atoms with van der Waals surface area (Å²) in [7, 11) is 0. The van der Waals surface area contributed by atoms with Crippen LogP contribution in [0, 0.1) is 20.8 Å². The summed E-state index contributed by atoms with van der Waals surface area (Å²) in [5.74, 6) is 0.212. The van der Waals surface area contributed by atoms with Gasteiger partial charge >= 0.3 is 0 Å². The zero-order valence-electron chi connectivity index (χ0n) is 15.1. The van der Waals surface area contributed by atoms with E-state index < -0.39 is 0 Å². The van der Waals surface area contributed by atoms with Gasteiger partial charge < -0.3 is 4.90 Å². The molecule has 0 radical (unpaired) electrons. The maximum absolute atomic E-state index is 12.7. The van der Waals surface area contributed by atoms with Crippen molar-refractivity contribution in [1.82, 2.24) is 24.5 Å². The standard InChI is InChI=1S/C18H27N5O/c1-13-10-19-22(11-13)17-6-5-7-21(12-17)18(24)9-16(4)23-15(3)8-14(2)20-23/h8,10-11,16-17H,5-7,9,12H2,1-4H3/t16-,17-/m1/s1. The van der Waals surface area contributed by atoms with Crippen LogP contribution in [-0.4, -0.2) is 43.5 Å². The summed E-state index contributed by atoms with van der Waals surface area (Å²) in [5.41, 5.74) is 3.27. The molecule has 0 unspecified atom stereocenters. The predicted octanol–water partition coefficient (Wildman–Crippen LogP) is 2.82. The Bertz CT molecular complexity index is 717. The molecule has 0 aliphatic carbocycles. The highest BCUT2D eigenvalue weighted by molar-refractivity contribution is 5.76. The molecule has 2 atom stereocenters. The SMILES string of the molecule is Cc1cnn([C@@H]2CCCN(C(=O)C[C@@H](C)n3nc(C)cc3C)C2)c1. The third-order valence-electron chi connectivity index (χ3n) is 4.79. The second-order valence-electron chi connectivity index (χ2n) is 7.06. The number of nitrogens with zero attached hydrogens (tertiary/aromatic N) is 5. The van der Waals surface area contributed by atoms with Crippen LogP contribution in [0.5, 0.6) is 0 Å². The van der Waals surface area contributed by atoms with Crippen molar-refractivity contribution < 1.29 is 4.79 Å². The molecular formula is C18H27N5O. The van der Waals surface area contributed by atoms with Crippen LogP contribution >= 0.6 is 0 Å². The lowest BCUT2D eigenvalue weighted by atomic mass is 10.0. The molecule has 130 valence electrons. The van der Waals surface area contributed by atoms with E-state index in [4.69, 9.17) is 0 Å². The maximum atomic E-state index is 12.7. The van der Waals surface area contributed by atoms with Crippen molar-refractivity contribution in [3.8, 4) is 0 Å². The first kappa shape index (κ1) is 16.7. The Morgan fingerprint density at radius 2 is 2.17 bits per heavy atom. The fraction of sp³-hybridized carbons (Fsp3) is 0.611. The minimum absolute atomic E-state index is 0.0820. The quantitative estimate of drug-likeness (QED) is 0.867. The number of likely N-dealkylation sites (tertiary alicyclic amines) is 1. The van der Waals surface area contributed by atoms with Gasteiger partial charge in [-0.2, -0.15) is 10.2 Å². The minimum Gasteiger partial charge on any atom is -0.340 e. The first-order valence-electron chi connectivity index (χ1n) is 8.75. The average Bonchev–Trinajstić information content (AvgIpc) is 3.12. The van der Waals surface area contributed by atoms with Crippen molar-refractivity contribution in [2.24, 2.45) is 0 Å². The Hall–Kier alpha value is -2.11. The highest BCUT2D eigenvalue weighted by Gasteiger charge is 2.26. The minimum atomic E-state index is 0.0820. The van der Waals surface area contributed by atoms with E-state index >= 15 is 0 Å². The molecule has 0 bridgehead atoms. The summed E-state index contributed by atoms with van der Waals surface area (Å²) < 4.78 is 3.98. The molecule has 1 aliphatic heterocycles. The fourth-order valence-electron chi connectivity index (χ4n) is 3.59. The van der Waals surface area contributed by atoms with Gasteiger partial charge in [0.2, 0.25) is 5.91 Å². The van der Waals surface area contributed by atoms with Crippen molar-refractivity contribution >= 4 is 5.91 Å². The zero-order valence-corrected chi connectivity index (χ0v) is 15.1. The fourth-order valence-corrected chi connectivity index (χ4v) is 3.59.